The molecule has 0 aliphatic carbocycles. The van der Waals surface area contributed by atoms with Gasteiger partial charge in [0.1, 0.15) is 4.83 Å². The summed E-state index contributed by atoms with van der Waals surface area (Å²) in [5, 5.41) is 0. The van der Waals surface area contributed by atoms with E-state index < -0.39 is 14.4 Å². The molecule has 0 bridgehead atoms. The van der Waals surface area contributed by atoms with Crippen LogP contribution in [0.1, 0.15) is 27.7 Å². The predicted octanol–water partition coefficient (Wildman–Crippen LogP) is 3.39. The minimum atomic E-state index is -0.823. The summed E-state index contributed by atoms with van der Waals surface area (Å²) in [6.07, 6.45) is 0. The molecule has 1 aliphatic rings. The van der Waals surface area contributed by atoms with Gasteiger partial charge in [-0.2, -0.15) is 0 Å². The van der Waals surface area contributed by atoms with E-state index in [1.165, 1.54) is 0 Å². The standard InChI is InChI=1S/C9H13Br3O2/c1-7(2)5(10)6(13)9(11,12)8(3,4)14-7/h5H,1-4H3. The zero-order chi connectivity index (χ0) is 11.4. The van der Waals surface area contributed by atoms with Gasteiger partial charge in [0.15, 0.2) is 9.02 Å². The molecule has 5 heteroatoms. The van der Waals surface area contributed by atoms with E-state index in [1.807, 2.05) is 27.7 Å². The van der Waals surface area contributed by atoms with E-state index in [0.717, 1.165) is 0 Å². The molecule has 0 radical (unpaired) electrons. The van der Waals surface area contributed by atoms with Crippen molar-refractivity contribution in [3.63, 3.8) is 0 Å². The Kier molecular flexibility index (Phi) is 3.32. The van der Waals surface area contributed by atoms with Crippen LogP contribution in [0.2, 0.25) is 0 Å². The molecule has 14 heavy (non-hydrogen) atoms. The van der Waals surface area contributed by atoms with Crippen LogP contribution in [0.15, 0.2) is 0 Å². The van der Waals surface area contributed by atoms with Crippen LogP contribution in [0.4, 0.5) is 0 Å². The Balaban J connectivity index is 3.16. The number of ether oxygens (including phenoxy) is 1. The Morgan fingerprint density at radius 3 is 2.07 bits per heavy atom. The molecule has 0 spiro atoms. The lowest BCUT2D eigenvalue weighted by molar-refractivity contribution is -0.165. The van der Waals surface area contributed by atoms with Crippen LogP contribution < -0.4 is 0 Å². The van der Waals surface area contributed by atoms with E-state index in [2.05, 4.69) is 47.8 Å². The van der Waals surface area contributed by atoms with Gasteiger partial charge in [-0.15, -0.1) is 0 Å². The SMILES string of the molecule is CC1(C)OC(C)(C)C(Br)(Br)C(=O)C1Br. The van der Waals surface area contributed by atoms with Gasteiger partial charge in [0.05, 0.1) is 11.2 Å². The zero-order valence-corrected chi connectivity index (χ0v) is 13.3. The molecule has 1 fully saturated rings. The van der Waals surface area contributed by atoms with Gasteiger partial charge >= 0.3 is 0 Å². The van der Waals surface area contributed by atoms with E-state index in [1.54, 1.807) is 0 Å². The molecule has 2 nitrogen and oxygen atoms in total. The second kappa shape index (κ2) is 3.54. The summed E-state index contributed by atoms with van der Waals surface area (Å²) >= 11 is 10.1. The Morgan fingerprint density at radius 2 is 1.64 bits per heavy atom. The Morgan fingerprint density at radius 1 is 1.21 bits per heavy atom. The highest BCUT2D eigenvalue weighted by Gasteiger charge is 2.59. The molecule has 0 amide bonds. The summed E-state index contributed by atoms with van der Waals surface area (Å²) < 4.78 is 5.07. The lowest BCUT2D eigenvalue weighted by Crippen LogP contribution is -2.64. The van der Waals surface area contributed by atoms with Gasteiger partial charge in [-0.25, -0.2) is 0 Å². The van der Waals surface area contributed by atoms with Gasteiger partial charge < -0.3 is 4.74 Å². The quantitative estimate of drug-likeness (QED) is 0.591. The fourth-order valence-corrected chi connectivity index (χ4v) is 3.22. The van der Waals surface area contributed by atoms with Crippen molar-refractivity contribution >= 4 is 53.6 Å². The third-order valence-electron chi connectivity index (χ3n) is 2.42. The maximum Gasteiger partial charge on any atom is 0.179 e. The maximum atomic E-state index is 12.1. The van der Waals surface area contributed by atoms with Gasteiger partial charge in [-0.3, -0.25) is 4.79 Å². The van der Waals surface area contributed by atoms with Crippen LogP contribution in [0.5, 0.6) is 0 Å². The van der Waals surface area contributed by atoms with Crippen molar-refractivity contribution in [1.29, 1.82) is 0 Å². The van der Waals surface area contributed by atoms with Crippen LogP contribution in [-0.4, -0.2) is 25.0 Å². The molecule has 1 heterocycles. The smallest absolute Gasteiger partial charge is 0.179 e. The number of hydrogen-bond donors (Lipinski definition) is 0. The highest BCUT2D eigenvalue weighted by Crippen LogP contribution is 2.50. The van der Waals surface area contributed by atoms with Crippen molar-refractivity contribution in [2.45, 2.75) is 47.0 Å². The zero-order valence-electron chi connectivity index (χ0n) is 8.53. The molecule has 82 valence electrons. The number of ketones is 1. The summed E-state index contributed by atoms with van der Waals surface area (Å²) in [4.78, 5) is 11.7. The van der Waals surface area contributed by atoms with Crippen LogP contribution in [0, 0.1) is 0 Å². The second-order valence-corrected chi connectivity index (χ2v) is 8.88. The minimum absolute atomic E-state index is 0.0544. The summed E-state index contributed by atoms with van der Waals surface area (Å²) in [7, 11) is 0. The van der Waals surface area contributed by atoms with Crippen LogP contribution in [0.25, 0.3) is 0 Å². The third-order valence-corrected chi connectivity index (χ3v) is 6.63. The van der Waals surface area contributed by atoms with Crippen LogP contribution in [-0.2, 0) is 9.53 Å². The van der Waals surface area contributed by atoms with Crippen LogP contribution >= 0.6 is 47.8 Å². The molecule has 0 saturated carbocycles. The molecule has 0 aromatic rings. The average Bonchev–Trinajstić information content (AvgIpc) is 1.97. The van der Waals surface area contributed by atoms with Gasteiger partial charge in [-0.05, 0) is 27.7 Å². The van der Waals surface area contributed by atoms with Gasteiger partial charge in [0.25, 0.3) is 0 Å². The van der Waals surface area contributed by atoms with Crippen molar-refractivity contribution in [2.24, 2.45) is 0 Å². The lowest BCUT2D eigenvalue weighted by Gasteiger charge is -2.50. The van der Waals surface area contributed by atoms with E-state index >= 15 is 0 Å². The number of carbonyl (C=O) groups is 1. The van der Waals surface area contributed by atoms with E-state index in [9.17, 15) is 4.79 Å². The Hall–Kier alpha value is 1.07. The van der Waals surface area contributed by atoms with Crippen molar-refractivity contribution in [3.05, 3.63) is 0 Å². The first-order valence-corrected chi connectivity index (χ1v) is 6.79. The Labute approximate surface area is 110 Å². The van der Waals surface area contributed by atoms with E-state index in [-0.39, 0.29) is 10.6 Å². The maximum absolute atomic E-state index is 12.1. The molecular formula is C9H13Br3O2. The van der Waals surface area contributed by atoms with E-state index in [4.69, 9.17) is 4.74 Å². The average molecular weight is 393 g/mol. The normalized spacial score (nSPS) is 34.2. The fraction of sp³-hybridized carbons (Fsp3) is 0.889. The number of Topliss-reactive ketones (excluding diaryl/α,β-unsaturated/α-hetero) is 1. The van der Waals surface area contributed by atoms with E-state index in [0.29, 0.717) is 0 Å². The predicted molar refractivity (Wildman–Crippen MR) is 67.6 cm³/mol. The lowest BCUT2D eigenvalue weighted by atomic mass is 9.88. The van der Waals surface area contributed by atoms with Crippen molar-refractivity contribution in [1.82, 2.24) is 0 Å². The molecule has 1 aliphatic heterocycles. The first-order valence-electron chi connectivity index (χ1n) is 4.29. The number of carbonyl (C=O) groups excluding carboxylic acids is 1. The molecule has 0 N–H and O–H groups in total. The first-order chi connectivity index (χ1) is 6.02. The Bertz CT molecular complexity index is 271. The molecule has 1 unspecified atom stereocenters. The summed E-state index contributed by atoms with van der Waals surface area (Å²) in [6.45, 7) is 7.58. The topological polar surface area (TPSA) is 26.3 Å². The molecule has 0 aromatic carbocycles. The fourth-order valence-electron chi connectivity index (χ4n) is 1.55. The van der Waals surface area contributed by atoms with Crippen molar-refractivity contribution < 1.29 is 9.53 Å². The summed E-state index contributed by atoms with van der Waals surface area (Å²) in [5.41, 5.74) is -1.08. The molecule has 1 saturated heterocycles. The third kappa shape index (κ3) is 1.85. The molecular weight excluding hydrogens is 380 g/mol. The number of alkyl halides is 3. The summed E-state index contributed by atoms with van der Waals surface area (Å²) in [6, 6.07) is 0. The summed E-state index contributed by atoms with van der Waals surface area (Å²) in [5.74, 6) is 0.0544. The number of hydrogen-bond acceptors (Lipinski definition) is 2. The van der Waals surface area contributed by atoms with Gasteiger partial charge in [0, 0.05) is 0 Å². The monoisotopic (exact) mass is 390 g/mol. The minimum Gasteiger partial charge on any atom is -0.365 e. The number of halogens is 3. The van der Waals surface area contributed by atoms with Crippen molar-refractivity contribution in [3.8, 4) is 0 Å². The number of rotatable bonds is 0. The highest BCUT2D eigenvalue weighted by molar-refractivity contribution is 9.26. The first kappa shape index (κ1) is 13.1. The van der Waals surface area contributed by atoms with Crippen LogP contribution in [0.3, 0.4) is 0 Å². The molecule has 1 rings (SSSR count). The molecule has 0 aromatic heterocycles. The molecule has 1 atom stereocenters. The van der Waals surface area contributed by atoms with Gasteiger partial charge in [0.2, 0.25) is 0 Å². The van der Waals surface area contributed by atoms with Gasteiger partial charge in [-0.1, -0.05) is 47.8 Å². The highest BCUT2D eigenvalue weighted by atomic mass is 79.9. The largest absolute Gasteiger partial charge is 0.365 e. The van der Waals surface area contributed by atoms with Crippen molar-refractivity contribution in [2.75, 3.05) is 0 Å². The second-order valence-electron chi connectivity index (χ2n) is 4.52.